The molecule has 1 N–H and O–H groups in total. The maximum Gasteiger partial charge on any atom is 0.412 e. The average molecular weight is 447 g/mol. The van der Waals surface area contributed by atoms with Gasteiger partial charge in [0.05, 0.1) is 39.3 Å². The second-order valence-electron chi connectivity index (χ2n) is 7.85. The first-order valence-electron chi connectivity index (χ1n) is 10.2. The van der Waals surface area contributed by atoms with Gasteiger partial charge in [-0.2, -0.15) is 0 Å². The molecule has 1 aromatic carbocycles. The lowest BCUT2D eigenvalue weighted by atomic mass is 9.85. The number of carbonyl (C=O) groups excluding carboxylic acids is 1. The van der Waals surface area contributed by atoms with Crippen LogP contribution in [0.3, 0.4) is 0 Å². The number of amides is 2. The quantitative estimate of drug-likeness (QED) is 0.708. The highest BCUT2D eigenvalue weighted by Gasteiger charge is 2.37. The van der Waals surface area contributed by atoms with Crippen LogP contribution in [0.25, 0.3) is 0 Å². The number of hydrogen-bond donors (Lipinski definition) is 1. The minimum atomic E-state index is -1.05. The highest BCUT2D eigenvalue weighted by Crippen LogP contribution is 2.45. The van der Waals surface area contributed by atoms with Gasteiger partial charge in [-0.05, 0) is 38.8 Å². The molecule has 0 fully saturated rings. The van der Waals surface area contributed by atoms with Gasteiger partial charge < -0.3 is 28.7 Å². The normalized spacial score (nSPS) is 17.5. The fourth-order valence-electron chi connectivity index (χ4n) is 4.28. The Kier molecular flexibility index (Phi) is 6.81. The minimum Gasteiger partial charge on any atom is -0.493 e. The van der Waals surface area contributed by atoms with E-state index in [9.17, 15) is 14.7 Å². The molecule has 10 nitrogen and oxygen atoms in total. The maximum absolute atomic E-state index is 12.6. The van der Waals surface area contributed by atoms with Crippen molar-refractivity contribution in [3.8, 4) is 11.5 Å². The third kappa shape index (κ3) is 4.30. The van der Waals surface area contributed by atoms with Crippen molar-refractivity contribution in [2.75, 3.05) is 32.8 Å². The predicted molar refractivity (Wildman–Crippen MR) is 116 cm³/mol. The Morgan fingerprint density at radius 2 is 1.88 bits per heavy atom. The van der Waals surface area contributed by atoms with Gasteiger partial charge in [-0.1, -0.05) is 5.16 Å². The first-order chi connectivity index (χ1) is 15.2. The summed E-state index contributed by atoms with van der Waals surface area (Å²) in [4.78, 5) is 27.5. The third-order valence-corrected chi connectivity index (χ3v) is 5.91. The Morgan fingerprint density at radius 1 is 1.22 bits per heavy atom. The zero-order valence-corrected chi connectivity index (χ0v) is 19.2. The van der Waals surface area contributed by atoms with Gasteiger partial charge in [0.1, 0.15) is 5.76 Å². The topological polar surface area (TPSA) is 115 Å². The summed E-state index contributed by atoms with van der Waals surface area (Å²) in [5.74, 6) is 1.41. The smallest absolute Gasteiger partial charge is 0.412 e. The van der Waals surface area contributed by atoms with E-state index in [1.54, 1.807) is 24.0 Å². The number of aryl methyl sites for hydroxylation is 2. The number of carboxylic acid groups (broad SMARTS) is 1. The number of anilines is 1. The summed E-state index contributed by atoms with van der Waals surface area (Å²) < 4.78 is 21.1. The molecule has 1 aromatic heterocycles. The van der Waals surface area contributed by atoms with Crippen LogP contribution in [0.4, 0.5) is 15.3 Å². The van der Waals surface area contributed by atoms with E-state index in [2.05, 4.69) is 5.16 Å². The van der Waals surface area contributed by atoms with E-state index < -0.39 is 12.2 Å². The third-order valence-electron chi connectivity index (χ3n) is 5.91. The number of rotatable bonds is 6. The van der Waals surface area contributed by atoms with Gasteiger partial charge in [0.25, 0.3) is 0 Å². The molecule has 0 bridgehead atoms. The molecule has 3 rings (SSSR count). The van der Waals surface area contributed by atoms with E-state index >= 15 is 0 Å². The van der Waals surface area contributed by atoms with Gasteiger partial charge in [0, 0.05) is 30.1 Å². The number of aromatic nitrogens is 1. The van der Waals surface area contributed by atoms with Crippen molar-refractivity contribution in [3.05, 3.63) is 34.7 Å². The van der Waals surface area contributed by atoms with Crippen molar-refractivity contribution in [1.29, 1.82) is 0 Å². The zero-order chi connectivity index (χ0) is 23.6. The summed E-state index contributed by atoms with van der Waals surface area (Å²) in [5.41, 5.74) is 2.80. The fourth-order valence-corrected chi connectivity index (χ4v) is 4.28. The molecule has 1 aliphatic heterocycles. The highest BCUT2D eigenvalue weighted by molar-refractivity contribution is 5.89. The van der Waals surface area contributed by atoms with Gasteiger partial charge in [0.15, 0.2) is 11.5 Å². The van der Waals surface area contributed by atoms with Gasteiger partial charge in [-0.3, -0.25) is 4.90 Å². The van der Waals surface area contributed by atoms with Crippen LogP contribution in [0.1, 0.15) is 41.8 Å². The first kappa shape index (κ1) is 23.2. The lowest BCUT2D eigenvalue weighted by Crippen LogP contribution is -2.45. The molecular weight excluding hydrogens is 418 g/mol. The summed E-state index contributed by atoms with van der Waals surface area (Å²) in [7, 11) is 4.36. The zero-order valence-electron chi connectivity index (χ0n) is 19.2. The highest BCUT2D eigenvalue weighted by atomic mass is 16.5. The summed E-state index contributed by atoms with van der Waals surface area (Å²) in [6.07, 6.45) is -1.02. The van der Waals surface area contributed by atoms with E-state index in [1.165, 1.54) is 26.2 Å². The van der Waals surface area contributed by atoms with Gasteiger partial charge in [-0.15, -0.1) is 0 Å². The second-order valence-corrected chi connectivity index (χ2v) is 7.85. The summed E-state index contributed by atoms with van der Waals surface area (Å²) in [6.45, 7) is 6.05. The summed E-state index contributed by atoms with van der Waals surface area (Å²) in [6, 6.07) is 3.15. The van der Waals surface area contributed by atoms with Crippen LogP contribution in [-0.2, 0) is 11.3 Å². The largest absolute Gasteiger partial charge is 0.493 e. The number of hydrogen-bond acceptors (Lipinski definition) is 7. The van der Waals surface area contributed by atoms with E-state index in [0.29, 0.717) is 41.6 Å². The van der Waals surface area contributed by atoms with Crippen LogP contribution < -0.4 is 14.4 Å². The second kappa shape index (κ2) is 9.37. The molecule has 2 aromatic rings. The standard InChI is InChI=1S/C22H29N3O7/c1-12-7-15(10-24(22(28)31-6)11-17-13(2)23-32-14(17)3)16-8-19(29-4)20(30-5)9-18(16)25(12)21(26)27/h8-9,12,15H,7,10-11H2,1-6H3,(H,26,27). The number of benzene rings is 1. The molecule has 10 heteroatoms. The molecule has 2 unspecified atom stereocenters. The molecule has 0 saturated heterocycles. The summed E-state index contributed by atoms with van der Waals surface area (Å²) in [5, 5.41) is 13.8. The lowest BCUT2D eigenvalue weighted by molar-refractivity contribution is 0.116. The van der Waals surface area contributed by atoms with Gasteiger partial charge in [-0.25, -0.2) is 9.59 Å². The Morgan fingerprint density at radius 3 is 2.41 bits per heavy atom. The Hall–Kier alpha value is -3.43. The molecule has 0 spiro atoms. The Bertz CT molecular complexity index is 984. The molecular formula is C22H29N3O7. The number of nitrogens with zero attached hydrogens (tertiary/aromatic N) is 3. The van der Waals surface area contributed by atoms with Crippen LogP contribution >= 0.6 is 0 Å². The average Bonchev–Trinajstić information content (AvgIpc) is 3.08. The van der Waals surface area contributed by atoms with Gasteiger partial charge in [0.2, 0.25) is 0 Å². The van der Waals surface area contributed by atoms with E-state index in [0.717, 1.165) is 11.1 Å². The van der Waals surface area contributed by atoms with Crippen molar-refractivity contribution in [3.63, 3.8) is 0 Å². The van der Waals surface area contributed by atoms with Crippen molar-refractivity contribution < 1.29 is 33.4 Å². The van der Waals surface area contributed by atoms with Crippen LogP contribution in [0.15, 0.2) is 16.7 Å². The summed E-state index contributed by atoms with van der Waals surface area (Å²) >= 11 is 0. The molecule has 0 saturated carbocycles. The molecule has 2 heterocycles. The SMILES string of the molecule is COC(=O)N(Cc1c(C)noc1C)CC1CC(C)N(C(=O)O)c2cc(OC)c(OC)cc21. The van der Waals surface area contributed by atoms with Crippen LogP contribution in [0.2, 0.25) is 0 Å². The fraction of sp³-hybridized carbons (Fsp3) is 0.500. The lowest BCUT2D eigenvalue weighted by Gasteiger charge is -2.39. The maximum atomic E-state index is 12.6. The molecule has 0 radical (unpaired) electrons. The van der Waals surface area contributed by atoms with Crippen LogP contribution in [-0.4, -0.2) is 61.3 Å². The van der Waals surface area contributed by atoms with E-state index in [4.69, 9.17) is 18.7 Å². The molecule has 2 amide bonds. The van der Waals surface area contributed by atoms with Crippen molar-refractivity contribution in [1.82, 2.24) is 10.1 Å². The first-order valence-corrected chi connectivity index (χ1v) is 10.2. The van der Waals surface area contributed by atoms with Crippen molar-refractivity contribution in [2.24, 2.45) is 0 Å². The molecule has 0 aliphatic carbocycles. The molecule has 32 heavy (non-hydrogen) atoms. The molecule has 1 aliphatic rings. The number of carbonyl (C=O) groups is 2. The minimum absolute atomic E-state index is 0.157. The number of fused-ring (bicyclic) bond motifs is 1. The van der Waals surface area contributed by atoms with Gasteiger partial charge >= 0.3 is 12.2 Å². The van der Waals surface area contributed by atoms with Crippen molar-refractivity contribution >= 4 is 17.9 Å². The number of methoxy groups -OCH3 is 3. The molecule has 174 valence electrons. The van der Waals surface area contributed by atoms with Crippen LogP contribution in [0.5, 0.6) is 11.5 Å². The number of ether oxygens (including phenoxy) is 3. The Labute approximate surface area is 186 Å². The van der Waals surface area contributed by atoms with E-state index in [1.807, 2.05) is 13.8 Å². The van der Waals surface area contributed by atoms with E-state index in [-0.39, 0.29) is 18.5 Å². The monoisotopic (exact) mass is 447 g/mol. The Balaban J connectivity index is 2.03. The van der Waals surface area contributed by atoms with Crippen molar-refractivity contribution in [2.45, 2.75) is 45.7 Å². The predicted octanol–water partition coefficient (Wildman–Crippen LogP) is 3.94. The van der Waals surface area contributed by atoms with Crippen LogP contribution in [0, 0.1) is 13.8 Å². The molecule has 2 atom stereocenters.